The van der Waals surface area contributed by atoms with Crippen LogP contribution < -0.4 is 10.2 Å². The molecule has 1 aromatic carbocycles. The van der Waals surface area contributed by atoms with E-state index in [2.05, 4.69) is 58.2 Å². The van der Waals surface area contributed by atoms with Gasteiger partial charge in [-0.15, -0.1) is 0 Å². The second-order valence-corrected chi connectivity index (χ2v) is 6.76. The summed E-state index contributed by atoms with van der Waals surface area (Å²) in [5, 5.41) is 3.48. The summed E-state index contributed by atoms with van der Waals surface area (Å²) in [7, 11) is 1.80. The van der Waals surface area contributed by atoms with Crippen LogP contribution in [0.5, 0.6) is 0 Å². The average Bonchev–Trinajstić information content (AvgIpc) is 2.87. The van der Waals surface area contributed by atoms with Crippen LogP contribution in [0.25, 0.3) is 0 Å². The van der Waals surface area contributed by atoms with Crippen LogP contribution in [0.4, 0.5) is 5.69 Å². The van der Waals surface area contributed by atoms with Gasteiger partial charge in [-0.2, -0.15) is 0 Å². The van der Waals surface area contributed by atoms with Crippen LogP contribution in [0.15, 0.2) is 22.7 Å². The lowest BCUT2D eigenvalue weighted by Crippen LogP contribution is -2.23. The zero-order valence-electron chi connectivity index (χ0n) is 12.7. The Labute approximate surface area is 130 Å². The van der Waals surface area contributed by atoms with E-state index >= 15 is 0 Å². The highest BCUT2D eigenvalue weighted by Gasteiger charge is 2.23. The molecule has 1 aliphatic heterocycles. The molecule has 112 valence electrons. The van der Waals surface area contributed by atoms with Crippen LogP contribution in [0.1, 0.15) is 25.8 Å². The molecule has 0 saturated carbocycles. The van der Waals surface area contributed by atoms with Crippen molar-refractivity contribution in [1.29, 1.82) is 0 Å². The van der Waals surface area contributed by atoms with Gasteiger partial charge in [-0.1, -0.05) is 19.9 Å². The van der Waals surface area contributed by atoms with Crippen molar-refractivity contribution in [3.8, 4) is 0 Å². The normalized spacial score (nSPS) is 19.1. The highest BCUT2D eigenvalue weighted by atomic mass is 79.9. The van der Waals surface area contributed by atoms with E-state index in [1.165, 1.54) is 15.7 Å². The SMILES string of the molecule is COC1CCN(c2ccc(CNCC(C)C)cc2Br)C1. The molecule has 1 unspecified atom stereocenters. The Bertz CT molecular complexity index is 436. The van der Waals surface area contributed by atoms with Crippen LogP contribution in [0.3, 0.4) is 0 Å². The number of hydrogen-bond donors (Lipinski definition) is 1. The summed E-state index contributed by atoms with van der Waals surface area (Å²) in [6.45, 7) is 8.50. The van der Waals surface area contributed by atoms with Gasteiger partial charge in [-0.25, -0.2) is 0 Å². The number of methoxy groups -OCH3 is 1. The summed E-state index contributed by atoms with van der Waals surface area (Å²) in [4.78, 5) is 2.39. The lowest BCUT2D eigenvalue weighted by Gasteiger charge is -2.20. The van der Waals surface area contributed by atoms with Gasteiger partial charge in [-0.3, -0.25) is 0 Å². The Kier molecular flexibility index (Phi) is 5.87. The molecule has 1 aliphatic rings. The maximum Gasteiger partial charge on any atom is 0.0762 e. The van der Waals surface area contributed by atoms with Crippen LogP contribution in [-0.4, -0.2) is 32.8 Å². The minimum atomic E-state index is 0.370. The predicted molar refractivity (Wildman–Crippen MR) is 88.3 cm³/mol. The van der Waals surface area contributed by atoms with E-state index in [1.807, 2.05) is 0 Å². The van der Waals surface area contributed by atoms with Gasteiger partial charge in [0, 0.05) is 31.2 Å². The molecule has 4 heteroatoms. The van der Waals surface area contributed by atoms with Crippen molar-refractivity contribution in [3.63, 3.8) is 0 Å². The Morgan fingerprint density at radius 2 is 2.25 bits per heavy atom. The molecule has 0 amide bonds. The number of anilines is 1. The van der Waals surface area contributed by atoms with Crippen molar-refractivity contribution in [1.82, 2.24) is 5.32 Å². The topological polar surface area (TPSA) is 24.5 Å². The third kappa shape index (κ3) is 4.21. The zero-order chi connectivity index (χ0) is 14.5. The maximum absolute atomic E-state index is 5.43. The van der Waals surface area contributed by atoms with Crippen LogP contribution in [-0.2, 0) is 11.3 Å². The van der Waals surface area contributed by atoms with E-state index in [0.29, 0.717) is 12.0 Å². The first kappa shape index (κ1) is 15.8. The molecule has 1 aromatic rings. The number of nitrogens with zero attached hydrogens (tertiary/aromatic N) is 1. The molecule has 0 spiro atoms. The summed E-state index contributed by atoms with van der Waals surface area (Å²) < 4.78 is 6.61. The van der Waals surface area contributed by atoms with E-state index in [-0.39, 0.29) is 0 Å². The molecule has 0 aliphatic carbocycles. The Morgan fingerprint density at radius 3 is 2.85 bits per heavy atom. The predicted octanol–water partition coefficient (Wildman–Crippen LogP) is 3.42. The maximum atomic E-state index is 5.43. The molecule has 0 radical (unpaired) electrons. The van der Waals surface area contributed by atoms with Gasteiger partial charge in [0.1, 0.15) is 0 Å². The highest BCUT2D eigenvalue weighted by molar-refractivity contribution is 9.10. The molecule has 20 heavy (non-hydrogen) atoms. The van der Waals surface area contributed by atoms with Gasteiger partial charge >= 0.3 is 0 Å². The molecule has 1 atom stereocenters. The van der Waals surface area contributed by atoms with Crippen molar-refractivity contribution in [2.45, 2.75) is 32.9 Å². The largest absolute Gasteiger partial charge is 0.380 e. The first-order valence-electron chi connectivity index (χ1n) is 7.37. The number of hydrogen-bond acceptors (Lipinski definition) is 3. The van der Waals surface area contributed by atoms with Gasteiger partial charge in [0.2, 0.25) is 0 Å². The number of benzene rings is 1. The number of halogens is 1. The zero-order valence-corrected chi connectivity index (χ0v) is 14.2. The van der Waals surface area contributed by atoms with E-state index < -0.39 is 0 Å². The first-order valence-corrected chi connectivity index (χ1v) is 8.16. The monoisotopic (exact) mass is 340 g/mol. The molecule has 1 heterocycles. The molecule has 0 aromatic heterocycles. The van der Waals surface area contributed by atoms with Crippen molar-refractivity contribution >= 4 is 21.6 Å². The number of nitrogens with one attached hydrogen (secondary N) is 1. The fourth-order valence-electron chi connectivity index (χ4n) is 2.56. The van der Waals surface area contributed by atoms with E-state index in [0.717, 1.165) is 32.6 Å². The fourth-order valence-corrected chi connectivity index (χ4v) is 3.24. The van der Waals surface area contributed by atoms with Gasteiger partial charge in [-0.05, 0) is 52.5 Å². The fraction of sp³-hybridized carbons (Fsp3) is 0.625. The summed E-state index contributed by atoms with van der Waals surface area (Å²) in [5.41, 5.74) is 2.60. The van der Waals surface area contributed by atoms with E-state index in [1.54, 1.807) is 7.11 Å². The number of ether oxygens (including phenoxy) is 1. The van der Waals surface area contributed by atoms with Gasteiger partial charge in [0.05, 0.1) is 11.8 Å². The molecular weight excluding hydrogens is 316 g/mol. The molecule has 2 rings (SSSR count). The van der Waals surface area contributed by atoms with Crippen molar-refractivity contribution in [3.05, 3.63) is 28.2 Å². The molecule has 1 N–H and O–H groups in total. The average molecular weight is 341 g/mol. The Balaban J connectivity index is 1.96. The first-order chi connectivity index (χ1) is 9.60. The third-order valence-electron chi connectivity index (χ3n) is 3.71. The van der Waals surface area contributed by atoms with Gasteiger partial charge < -0.3 is 15.0 Å². The second-order valence-electron chi connectivity index (χ2n) is 5.90. The Morgan fingerprint density at radius 1 is 1.45 bits per heavy atom. The van der Waals surface area contributed by atoms with Gasteiger partial charge in [0.15, 0.2) is 0 Å². The summed E-state index contributed by atoms with van der Waals surface area (Å²) in [5.74, 6) is 0.688. The summed E-state index contributed by atoms with van der Waals surface area (Å²) in [6, 6.07) is 6.66. The summed E-state index contributed by atoms with van der Waals surface area (Å²) in [6.07, 6.45) is 1.48. The lowest BCUT2D eigenvalue weighted by atomic mass is 10.1. The molecule has 0 bridgehead atoms. The van der Waals surface area contributed by atoms with E-state index in [4.69, 9.17) is 4.74 Å². The summed E-state index contributed by atoms with van der Waals surface area (Å²) >= 11 is 3.71. The third-order valence-corrected chi connectivity index (χ3v) is 4.35. The highest BCUT2D eigenvalue weighted by Crippen LogP contribution is 2.30. The van der Waals surface area contributed by atoms with Crippen molar-refractivity contribution in [2.24, 2.45) is 5.92 Å². The molecular formula is C16H25BrN2O. The molecule has 1 fully saturated rings. The van der Waals surface area contributed by atoms with Crippen LogP contribution >= 0.6 is 15.9 Å². The van der Waals surface area contributed by atoms with Crippen LogP contribution in [0, 0.1) is 5.92 Å². The minimum absolute atomic E-state index is 0.370. The number of rotatable bonds is 6. The lowest BCUT2D eigenvalue weighted by molar-refractivity contribution is 0.121. The van der Waals surface area contributed by atoms with Crippen molar-refractivity contribution in [2.75, 3.05) is 31.6 Å². The molecule has 3 nitrogen and oxygen atoms in total. The standard InChI is InChI=1S/C16H25BrN2O/c1-12(2)9-18-10-13-4-5-16(15(17)8-13)19-7-6-14(11-19)20-3/h4-5,8,12,14,18H,6-7,9-11H2,1-3H3. The van der Waals surface area contributed by atoms with Crippen molar-refractivity contribution < 1.29 is 4.74 Å². The minimum Gasteiger partial charge on any atom is -0.380 e. The quantitative estimate of drug-likeness (QED) is 0.858. The second kappa shape index (κ2) is 7.43. The molecule has 1 saturated heterocycles. The van der Waals surface area contributed by atoms with Crippen LogP contribution in [0.2, 0.25) is 0 Å². The smallest absolute Gasteiger partial charge is 0.0762 e. The van der Waals surface area contributed by atoms with Gasteiger partial charge in [0.25, 0.3) is 0 Å². The Hall–Kier alpha value is -0.580. The van der Waals surface area contributed by atoms with E-state index in [9.17, 15) is 0 Å².